The minimum Gasteiger partial charge on any atom is -0.294 e. The summed E-state index contributed by atoms with van der Waals surface area (Å²) in [5.74, 6) is 0. The molecule has 0 aliphatic heterocycles. The summed E-state index contributed by atoms with van der Waals surface area (Å²) in [6.07, 6.45) is 0. The van der Waals surface area contributed by atoms with Crippen LogP contribution < -0.4 is 5.69 Å². The molecule has 0 aliphatic carbocycles. The highest BCUT2D eigenvalue weighted by Crippen LogP contribution is 2.17. The molecule has 0 aliphatic rings. The van der Waals surface area contributed by atoms with E-state index in [4.69, 9.17) is 0 Å². The fourth-order valence-electron chi connectivity index (χ4n) is 1.22. The Balaban J connectivity index is 3.12. The van der Waals surface area contributed by atoms with Crippen molar-refractivity contribution in [2.24, 2.45) is 14.1 Å². The van der Waals surface area contributed by atoms with Gasteiger partial charge in [-0.1, -0.05) is 0 Å². The van der Waals surface area contributed by atoms with Crippen LogP contribution in [0.1, 0.15) is 0 Å². The van der Waals surface area contributed by atoms with E-state index in [-0.39, 0.29) is 5.69 Å². The molecule has 2 rings (SSSR count). The molecule has 58 valence electrons. The Bertz CT molecular complexity index is 411. The minimum absolute atomic E-state index is 0.0480. The molecule has 2 heterocycles. The first-order chi connectivity index (χ1) is 5.22. The van der Waals surface area contributed by atoms with E-state index >= 15 is 0 Å². The normalized spacial score (nSPS) is 11.1. The van der Waals surface area contributed by atoms with E-state index in [0.717, 1.165) is 10.3 Å². The number of rotatable bonds is 0. The first-order valence-corrected chi connectivity index (χ1v) is 4.18. The van der Waals surface area contributed by atoms with Gasteiger partial charge >= 0.3 is 5.69 Å². The van der Waals surface area contributed by atoms with Crippen molar-refractivity contribution in [3.8, 4) is 0 Å². The minimum atomic E-state index is 0.0480. The summed E-state index contributed by atoms with van der Waals surface area (Å²) < 4.78 is 3.33. The molecule has 4 heteroatoms. The van der Waals surface area contributed by atoms with Crippen LogP contribution in [0.5, 0.6) is 0 Å². The maximum atomic E-state index is 11.3. The summed E-state index contributed by atoms with van der Waals surface area (Å²) >= 11 is 1.59. The summed E-state index contributed by atoms with van der Waals surface area (Å²) in [6.45, 7) is 0. The van der Waals surface area contributed by atoms with Crippen LogP contribution in [0.2, 0.25) is 0 Å². The highest BCUT2D eigenvalue weighted by atomic mass is 32.1. The summed E-state index contributed by atoms with van der Waals surface area (Å²) in [7, 11) is 3.58. The van der Waals surface area contributed by atoms with Crippen molar-refractivity contribution in [2.45, 2.75) is 0 Å². The maximum absolute atomic E-state index is 11.3. The molecule has 0 bridgehead atoms. The molecule has 0 spiro atoms. The lowest BCUT2D eigenvalue weighted by atomic mass is 10.6. The lowest BCUT2D eigenvalue weighted by molar-refractivity contribution is 0.796. The van der Waals surface area contributed by atoms with Gasteiger partial charge in [-0.3, -0.25) is 9.13 Å². The Kier molecular flexibility index (Phi) is 1.20. The van der Waals surface area contributed by atoms with Crippen LogP contribution in [0.15, 0.2) is 16.2 Å². The van der Waals surface area contributed by atoms with Gasteiger partial charge in [-0.05, 0) is 11.4 Å². The second kappa shape index (κ2) is 1.98. The van der Waals surface area contributed by atoms with Crippen molar-refractivity contribution in [3.05, 3.63) is 21.9 Å². The second-order valence-electron chi connectivity index (χ2n) is 2.51. The lowest BCUT2D eigenvalue weighted by Gasteiger charge is -1.85. The topological polar surface area (TPSA) is 26.9 Å². The SMILES string of the molecule is Cn1c(=O)n(C)c2sccc21. The van der Waals surface area contributed by atoms with Gasteiger partial charge in [-0.2, -0.15) is 0 Å². The number of imidazole rings is 1. The smallest absolute Gasteiger partial charge is 0.294 e. The summed E-state index contributed by atoms with van der Waals surface area (Å²) in [4.78, 5) is 12.3. The van der Waals surface area contributed by atoms with Crippen molar-refractivity contribution in [1.29, 1.82) is 0 Å². The number of aromatic nitrogens is 2. The van der Waals surface area contributed by atoms with Crippen LogP contribution in [0, 0.1) is 0 Å². The summed E-state index contributed by atoms with van der Waals surface area (Å²) in [5.41, 5.74) is 1.06. The number of nitrogens with zero attached hydrogens (tertiary/aromatic N) is 2. The lowest BCUT2D eigenvalue weighted by Crippen LogP contribution is -2.19. The van der Waals surface area contributed by atoms with Gasteiger partial charge in [0.15, 0.2) is 0 Å². The molecule has 0 saturated heterocycles. The molecular formula is C7H8N2OS. The van der Waals surface area contributed by atoms with Gasteiger partial charge < -0.3 is 0 Å². The quantitative estimate of drug-likeness (QED) is 0.575. The van der Waals surface area contributed by atoms with Gasteiger partial charge in [0.1, 0.15) is 4.83 Å². The van der Waals surface area contributed by atoms with Crippen LogP contribution in [-0.4, -0.2) is 9.13 Å². The van der Waals surface area contributed by atoms with Crippen LogP contribution >= 0.6 is 11.3 Å². The Hall–Kier alpha value is -1.03. The first kappa shape index (κ1) is 6.67. The zero-order valence-corrected chi connectivity index (χ0v) is 7.18. The Morgan fingerprint density at radius 2 is 2.09 bits per heavy atom. The van der Waals surface area contributed by atoms with Gasteiger partial charge in [0.25, 0.3) is 0 Å². The Labute approximate surface area is 67.5 Å². The number of aryl methyl sites for hydroxylation is 2. The molecule has 3 nitrogen and oxygen atoms in total. The number of hydrogen-bond donors (Lipinski definition) is 0. The van der Waals surface area contributed by atoms with Crippen LogP contribution in [0.3, 0.4) is 0 Å². The fourth-order valence-corrected chi connectivity index (χ4v) is 2.10. The predicted octanol–water partition coefficient (Wildman–Crippen LogP) is 0.938. The maximum Gasteiger partial charge on any atom is 0.329 e. The van der Waals surface area contributed by atoms with Gasteiger partial charge in [0.05, 0.1) is 5.52 Å². The van der Waals surface area contributed by atoms with E-state index in [0.29, 0.717) is 0 Å². The number of hydrogen-bond acceptors (Lipinski definition) is 2. The van der Waals surface area contributed by atoms with Gasteiger partial charge in [0.2, 0.25) is 0 Å². The fraction of sp³-hybridized carbons (Fsp3) is 0.286. The van der Waals surface area contributed by atoms with Crippen molar-refractivity contribution < 1.29 is 0 Å². The predicted molar refractivity (Wildman–Crippen MR) is 46.0 cm³/mol. The van der Waals surface area contributed by atoms with Crippen LogP contribution in [-0.2, 0) is 14.1 Å². The zero-order chi connectivity index (χ0) is 8.01. The van der Waals surface area contributed by atoms with E-state index in [1.165, 1.54) is 0 Å². The molecule has 0 fully saturated rings. The van der Waals surface area contributed by atoms with E-state index in [1.54, 1.807) is 34.6 Å². The Morgan fingerprint density at radius 1 is 1.36 bits per heavy atom. The molecule has 0 amide bonds. The Morgan fingerprint density at radius 3 is 2.73 bits per heavy atom. The standard InChI is InChI=1S/C7H8N2OS/c1-8-5-3-4-11-6(5)9(2)7(8)10/h3-4H,1-2H3. The van der Waals surface area contributed by atoms with Gasteiger partial charge in [0, 0.05) is 14.1 Å². The highest BCUT2D eigenvalue weighted by molar-refractivity contribution is 7.16. The summed E-state index contributed by atoms with van der Waals surface area (Å²) in [5, 5.41) is 1.99. The van der Waals surface area contributed by atoms with Crippen molar-refractivity contribution in [2.75, 3.05) is 0 Å². The molecule has 11 heavy (non-hydrogen) atoms. The van der Waals surface area contributed by atoms with Gasteiger partial charge in [-0.15, -0.1) is 11.3 Å². The number of thiophene rings is 1. The third kappa shape index (κ3) is 0.699. The molecule has 0 unspecified atom stereocenters. The third-order valence-electron chi connectivity index (χ3n) is 1.86. The van der Waals surface area contributed by atoms with Crippen LogP contribution in [0.25, 0.3) is 10.3 Å². The van der Waals surface area contributed by atoms with E-state index in [1.807, 2.05) is 11.4 Å². The van der Waals surface area contributed by atoms with Crippen molar-refractivity contribution >= 4 is 21.7 Å². The molecule has 2 aromatic rings. The molecular weight excluding hydrogens is 160 g/mol. The zero-order valence-electron chi connectivity index (χ0n) is 6.37. The first-order valence-electron chi connectivity index (χ1n) is 3.30. The van der Waals surface area contributed by atoms with Crippen molar-refractivity contribution in [1.82, 2.24) is 9.13 Å². The van der Waals surface area contributed by atoms with Gasteiger partial charge in [-0.25, -0.2) is 4.79 Å². The van der Waals surface area contributed by atoms with E-state index < -0.39 is 0 Å². The second-order valence-corrected chi connectivity index (χ2v) is 3.41. The monoisotopic (exact) mass is 168 g/mol. The molecule has 2 aromatic heterocycles. The highest BCUT2D eigenvalue weighted by Gasteiger charge is 2.06. The van der Waals surface area contributed by atoms with Crippen molar-refractivity contribution in [3.63, 3.8) is 0 Å². The molecule has 0 radical (unpaired) electrons. The molecule has 0 atom stereocenters. The van der Waals surface area contributed by atoms with E-state index in [9.17, 15) is 4.79 Å². The van der Waals surface area contributed by atoms with E-state index in [2.05, 4.69) is 0 Å². The molecule has 0 N–H and O–H groups in total. The van der Waals surface area contributed by atoms with Crippen LogP contribution in [0.4, 0.5) is 0 Å². The number of fused-ring (bicyclic) bond motifs is 1. The summed E-state index contributed by atoms with van der Waals surface area (Å²) in [6, 6.07) is 1.96. The average molecular weight is 168 g/mol. The molecule has 0 saturated carbocycles. The third-order valence-corrected chi connectivity index (χ3v) is 2.84. The largest absolute Gasteiger partial charge is 0.329 e. The average Bonchev–Trinajstić information content (AvgIpc) is 2.53. The molecule has 0 aromatic carbocycles.